The minimum atomic E-state index is -1.06. The summed E-state index contributed by atoms with van der Waals surface area (Å²) in [6, 6.07) is 6.11. The van der Waals surface area contributed by atoms with Crippen molar-refractivity contribution in [1.29, 1.82) is 0 Å². The zero-order chi connectivity index (χ0) is 14.5. The second kappa shape index (κ2) is 6.11. The maximum atomic E-state index is 11.3. The van der Waals surface area contributed by atoms with E-state index in [1.807, 2.05) is 0 Å². The number of aromatic carboxylic acids is 1. The molecular formula is C12H10N4O3S. The number of nitrogens with zero attached hydrogens (tertiary/aromatic N) is 3. The lowest BCUT2D eigenvalue weighted by Crippen LogP contribution is -2.19. The van der Waals surface area contributed by atoms with Crippen molar-refractivity contribution in [2.24, 2.45) is 0 Å². The Hall–Kier alpha value is -2.48. The van der Waals surface area contributed by atoms with Gasteiger partial charge in [0.15, 0.2) is 5.69 Å². The highest BCUT2D eigenvalue weighted by atomic mass is 32.2. The molecule has 0 unspecified atom stereocenters. The Morgan fingerprint density at radius 1 is 1.25 bits per heavy atom. The van der Waals surface area contributed by atoms with Gasteiger partial charge in [-0.1, -0.05) is 0 Å². The molecule has 8 heteroatoms. The van der Waals surface area contributed by atoms with Crippen LogP contribution >= 0.6 is 11.8 Å². The van der Waals surface area contributed by atoms with Gasteiger partial charge in [0.2, 0.25) is 0 Å². The van der Waals surface area contributed by atoms with Gasteiger partial charge < -0.3 is 10.4 Å². The molecular weight excluding hydrogens is 280 g/mol. The molecule has 0 saturated carbocycles. The van der Waals surface area contributed by atoms with Gasteiger partial charge in [-0.2, -0.15) is 0 Å². The minimum Gasteiger partial charge on any atom is -0.478 e. The van der Waals surface area contributed by atoms with Crippen LogP contribution in [0, 0.1) is 0 Å². The molecule has 2 aromatic heterocycles. The molecule has 0 saturated heterocycles. The van der Waals surface area contributed by atoms with Crippen molar-refractivity contribution >= 4 is 23.6 Å². The molecule has 1 amide bonds. The summed E-state index contributed by atoms with van der Waals surface area (Å²) in [7, 11) is 1.50. The molecule has 0 fully saturated rings. The number of hydrogen-bond donors (Lipinski definition) is 2. The first kappa shape index (κ1) is 13.9. The van der Waals surface area contributed by atoms with Crippen molar-refractivity contribution in [2.45, 2.75) is 10.1 Å². The summed E-state index contributed by atoms with van der Waals surface area (Å²) in [5, 5.41) is 19.9. The summed E-state index contributed by atoms with van der Waals surface area (Å²) in [4.78, 5) is 26.4. The lowest BCUT2D eigenvalue weighted by Gasteiger charge is -2.03. The minimum absolute atomic E-state index is 0.0923. The van der Waals surface area contributed by atoms with E-state index in [2.05, 4.69) is 20.5 Å². The average Bonchev–Trinajstić information content (AvgIpc) is 2.47. The fourth-order valence-corrected chi connectivity index (χ4v) is 2.15. The van der Waals surface area contributed by atoms with E-state index >= 15 is 0 Å². The number of amides is 1. The highest BCUT2D eigenvalue weighted by Gasteiger charge is 2.13. The highest BCUT2D eigenvalue weighted by Crippen LogP contribution is 2.26. The van der Waals surface area contributed by atoms with E-state index in [0.717, 1.165) is 11.8 Å². The van der Waals surface area contributed by atoms with Crippen molar-refractivity contribution in [3.05, 3.63) is 41.7 Å². The molecule has 102 valence electrons. The first-order chi connectivity index (χ1) is 9.61. The molecule has 0 aliphatic carbocycles. The first-order valence-electron chi connectivity index (χ1n) is 5.54. The number of carbonyl (C=O) groups is 2. The van der Waals surface area contributed by atoms with Crippen LogP contribution < -0.4 is 5.32 Å². The molecule has 2 N–H and O–H groups in total. The van der Waals surface area contributed by atoms with E-state index in [4.69, 9.17) is 5.11 Å². The Labute approximate surface area is 118 Å². The van der Waals surface area contributed by atoms with Crippen LogP contribution in [0.4, 0.5) is 0 Å². The van der Waals surface area contributed by atoms with Gasteiger partial charge in [0.05, 0.1) is 5.56 Å². The summed E-state index contributed by atoms with van der Waals surface area (Å²) in [6.07, 6.45) is 1.50. The van der Waals surface area contributed by atoms with E-state index in [1.165, 1.54) is 25.4 Å². The molecule has 20 heavy (non-hydrogen) atoms. The van der Waals surface area contributed by atoms with Gasteiger partial charge in [0.1, 0.15) is 10.1 Å². The fraction of sp³-hybridized carbons (Fsp3) is 0.0833. The van der Waals surface area contributed by atoms with Crippen molar-refractivity contribution in [2.75, 3.05) is 7.05 Å². The second-order valence-corrected chi connectivity index (χ2v) is 4.61. The van der Waals surface area contributed by atoms with Crippen LogP contribution in [0.3, 0.4) is 0 Å². The number of aromatic nitrogens is 3. The molecule has 0 radical (unpaired) electrons. The third kappa shape index (κ3) is 3.09. The lowest BCUT2D eigenvalue weighted by molar-refractivity contribution is 0.0692. The van der Waals surface area contributed by atoms with Gasteiger partial charge in [-0.25, -0.2) is 9.78 Å². The number of carboxylic acid groups (broad SMARTS) is 1. The number of carbonyl (C=O) groups excluding carboxylic acids is 1. The van der Waals surface area contributed by atoms with Crippen LogP contribution in [0.15, 0.2) is 40.5 Å². The zero-order valence-corrected chi connectivity index (χ0v) is 11.2. The smallest absolute Gasteiger partial charge is 0.338 e. The zero-order valence-electron chi connectivity index (χ0n) is 10.4. The van der Waals surface area contributed by atoms with Gasteiger partial charge >= 0.3 is 5.97 Å². The molecule has 0 bridgehead atoms. The third-order valence-corrected chi connectivity index (χ3v) is 3.25. The lowest BCUT2D eigenvalue weighted by atomic mass is 10.3. The first-order valence-corrected chi connectivity index (χ1v) is 6.35. The van der Waals surface area contributed by atoms with Crippen molar-refractivity contribution < 1.29 is 14.7 Å². The molecule has 2 heterocycles. The predicted octanol–water partition coefficient (Wildman–Crippen LogP) is 1.08. The van der Waals surface area contributed by atoms with Gasteiger partial charge in [-0.3, -0.25) is 4.79 Å². The number of rotatable bonds is 4. The van der Waals surface area contributed by atoms with Crippen LogP contribution in [0.5, 0.6) is 0 Å². The Morgan fingerprint density at radius 3 is 2.65 bits per heavy atom. The van der Waals surface area contributed by atoms with E-state index in [9.17, 15) is 9.59 Å². The molecule has 0 aliphatic rings. The monoisotopic (exact) mass is 290 g/mol. The van der Waals surface area contributed by atoms with E-state index in [1.54, 1.807) is 12.1 Å². The summed E-state index contributed by atoms with van der Waals surface area (Å²) in [5.74, 6) is -1.39. The van der Waals surface area contributed by atoms with Crippen LogP contribution in [0.25, 0.3) is 0 Å². The molecule has 0 aliphatic heterocycles. The van der Waals surface area contributed by atoms with E-state index in [-0.39, 0.29) is 17.2 Å². The molecule has 2 aromatic rings. The molecule has 2 rings (SSSR count). The maximum absolute atomic E-state index is 11.3. The van der Waals surface area contributed by atoms with Crippen LogP contribution in [0.1, 0.15) is 20.8 Å². The Balaban J connectivity index is 2.23. The maximum Gasteiger partial charge on any atom is 0.338 e. The summed E-state index contributed by atoms with van der Waals surface area (Å²) >= 11 is 1.07. The predicted molar refractivity (Wildman–Crippen MR) is 70.7 cm³/mol. The largest absolute Gasteiger partial charge is 0.478 e. The molecule has 7 nitrogen and oxygen atoms in total. The summed E-state index contributed by atoms with van der Waals surface area (Å²) < 4.78 is 0. The number of pyridine rings is 1. The SMILES string of the molecule is CNC(=O)c1ccc(Sc2ncccc2C(=O)O)nn1. The van der Waals surface area contributed by atoms with E-state index in [0.29, 0.717) is 10.1 Å². The molecule has 0 atom stereocenters. The third-order valence-electron chi connectivity index (χ3n) is 2.30. The van der Waals surface area contributed by atoms with Gasteiger partial charge in [0.25, 0.3) is 5.91 Å². The Kier molecular flexibility index (Phi) is 4.26. The second-order valence-electron chi connectivity index (χ2n) is 3.60. The average molecular weight is 290 g/mol. The highest BCUT2D eigenvalue weighted by molar-refractivity contribution is 7.99. The van der Waals surface area contributed by atoms with Crippen LogP contribution in [-0.4, -0.2) is 39.2 Å². The molecule has 0 aromatic carbocycles. The van der Waals surface area contributed by atoms with Gasteiger partial charge in [0, 0.05) is 13.2 Å². The standard InChI is InChI=1S/C12H10N4O3S/c1-13-10(17)8-4-5-9(16-15-8)20-11-7(12(18)19)3-2-6-14-11/h2-6H,1H3,(H,13,17)(H,18,19). The number of hydrogen-bond acceptors (Lipinski definition) is 6. The Bertz CT molecular complexity index is 645. The normalized spacial score (nSPS) is 10.1. The van der Waals surface area contributed by atoms with E-state index < -0.39 is 5.97 Å². The fourth-order valence-electron chi connectivity index (χ4n) is 1.36. The van der Waals surface area contributed by atoms with Crippen LogP contribution in [0.2, 0.25) is 0 Å². The number of nitrogens with one attached hydrogen (secondary N) is 1. The Morgan fingerprint density at radius 2 is 2.05 bits per heavy atom. The molecule has 0 spiro atoms. The summed E-state index contributed by atoms with van der Waals surface area (Å²) in [5.41, 5.74) is 0.283. The summed E-state index contributed by atoms with van der Waals surface area (Å²) in [6.45, 7) is 0. The van der Waals surface area contributed by atoms with Crippen molar-refractivity contribution in [3.8, 4) is 0 Å². The van der Waals surface area contributed by atoms with Crippen LogP contribution in [-0.2, 0) is 0 Å². The van der Waals surface area contributed by atoms with Gasteiger partial charge in [-0.15, -0.1) is 10.2 Å². The topological polar surface area (TPSA) is 105 Å². The van der Waals surface area contributed by atoms with Crippen molar-refractivity contribution in [3.63, 3.8) is 0 Å². The van der Waals surface area contributed by atoms with Crippen molar-refractivity contribution in [1.82, 2.24) is 20.5 Å². The number of carboxylic acids is 1. The van der Waals surface area contributed by atoms with Gasteiger partial charge in [-0.05, 0) is 36.0 Å². The quantitative estimate of drug-likeness (QED) is 0.868.